The van der Waals surface area contributed by atoms with Gasteiger partial charge >= 0.3 is 0 Å². The Bertz CT molecular complexity index is 408. The van der Waals surface area contributed by atoms with Crippen LogP contribution in [-0.2, 0) is 0 Å². The number of alkyl halides is 1. The molecule has 0 aliphatic carbocycles. The summed E-state index contributed by atoms with van der Waals surface area (Å²) in [5, 5.41) is 0.974. The van der Waals surface area contributed by atoms with Crippen LogP contribution in [0.25, 0.3) is 0 Å². The summed E-state index contributed by atoms with van der Waals surface area (Å²) in [6.07, 6.45) is 2.34. The molecule has 0 N–H and O–H groups in total. The predicted octanol–water partition coefficient (Wildman–Crippen LogP) is 1.53. The summed E-state index contributed by atoms with van der Waals surface area (Å²) in [6, 6.07) is 0. The largest absolute Gasteiger partial charge is 0.438 e. The Labute approximate surface area is 115 Å². The monoisotopic (exact) mass is 315 g/mol. The number of aryl methyl sites for hydroxylation is 1. The minimum atomic E-state index is -0.0364. The molecule has 100 valence electrons. The molecule has 1 fully saturated rings. The summed E-state index contributed by atoms with van der Waals surface area (Å²) in [5.41, 5.74) is 0.668. The lowest BCUT2D eigenvalue weighted by Crippen LogP contribution is -2.35. The number of hydrogen-bond acceptors (Lipinski definition) is 4. The van der Waals surface area contributed by atoms with Gasteiger partial charge in [0.25, 0.3) is 5.91 Å². The van der Waals surface area contributed by atoms with E-state index in [1.54, 1.807) is 6.92 Å². The maximum absolute atomic E-state index is 12.3. The second-order valence-electron chi connectivity index (χ2n) is 4.44. The van der Waals surface area contributed by atoms with E-state index in [0.717, 1.165) is 44.5 Å². The molecule has 0 spiro atoms. The molecule has 2 heterocycles. The SMILES string of the molecule is Cc1ncoc1C(=O)N1CCCN(CCBr)CC1. The third-order valence-corrected chi connectivity index (χ3v) is 3.57. The molecule has 1 aliphatic heterocycles. The van der Waals surface area contributed by atoms with Crippen LogP contribution in [0.2, 0.25) is 0 Å². The predicted molar refractivity (Wildman–Crippen MR) is 72.0 cm³/mol. The first kappa shape index (κ1) is 13.5. The van der Waals surface area contributed by atoms with Gasteiger partial charge in [-0.25, -0.2) is 4.98 Å². The van der Waals surface area contributed by atoms with Crippen molar-refractivity contribution in [3.63, 3.8) is 0 Å². The lowest BCUT2D eigenvalue weighted by molar-refractivity contribution is 0.0729. The van der Waals surface area contributed by atoms with Gasteiger partial charge in [0.2, 0.25) is 5.76 Å². The van der Waals surface area contributed by atoms with Gasteiger partial charge in [-0.15, -0.1) is 0 Å². The van der Waals surface area contributed by atoms with Crippen LogP contribution < -0.4 is 0 Å². The first-order valence-corrected chi connectivity index (χ1v) is 7.32. The smallest absolute Gasteiger partial charge is 0.291 e. The zero-order chi connectivity index (χ0) is 13.0. The Kier molecular flexibility index (Phi) is 4.77. The van der Waals surface area contributed by atoms with E-state index < -0.39 is 0 Å². The molecule has 0 radical (unpaired) electrons. The molecule has 1 aliphatic rings. The summed E-state index contributed by atoms with van der Waals surface area (Å²) in [5.74, 6) is 0.342. The standard InChI is InChI=1S/C12H18BrN3O2/c1-10-11(18-9-14-10)12(17)16-5-2-4-15(6-3-13)7-8-16/h9H,2-8H2,1H3. The van der Waals surface area contributed by atoms with Crippen LogP contribution in [0, 0.1) is 6.92 Å². The molecule has 0 bridgehead atoms. The molecule has 0 aromatic carbocycles. The van der Waals surface area contributed by atoms with Crippen LogP contribution in [0.15, 0.2) is 10.8 Å². The van der Waals surface area contributed by atoms with Gasteiger partial charge in [-0.2, -0.15) is 0 Å². The van der Waals surface area contributed by atoms with Crippen molar-refractivity contribution >= 4 is 21.8 Å². The average Bonchev–Trinajstić information content (AvgIpc) is 2.64. The first-order chi connectivity index (χ1) is 8.72. The normalized spacial score (nSPS) is 17.8. The maximum atomic E-state index is 12.3. The fourth-order valence-corrected chi connectivity index (χ4v) is 2.67. The van der Waals surface area contributed by atoms with E-state index in [1.165, 1.54) is 6.39 Å². The highest BCUT2D eigenvalue weighted by molar-refractivity contribution is 9.09. The Hall–Kier alpha value is -0.880. The van der Waals surface area contributed by atoms with Crippen molar-refractivity contribution in [1.29, 1.82) is 0 Å². The van der Waals surface area contributed by atoms with E-state index in [1.807, 2.05) is 4.90 Å². The number of oxazole rings is 1. The third-order valence-electron chi connectivity index (χ3n) is 3.22. The zero-order valence-corrected chi connectivity index (χ0v) is 12.1. The quantitative estimate of drug-likeness (QED) is 0.794. The molecule has 1 aromatic rings. The number of carbonyl (C=O) groups excluding carboxylic acids is 1. The molecule has 6 heteroatoms. The van der Waals surface area contributed by atoms with Gasteiger partial charge in [0, 0.05) is 31.5 Å². The van der Waals surface area contributed by atoms with Crippen molar-refractivity contribution in [3.8, 4) is 0 Å². The van der Waals surface area contributed by atoms with Gasteiger partial charge in [0.15, 0.2) is 6.39 Å². The molecule has 5 nitrogen and oxygen atoms in total. The fraction of sp³-hybridized carbons (Fsp3) is 0.667. The molecule has 18 heavy (non-hydrogen) atoms. The van der Waals surface area contributed by atoms with E-state index in [-0.39, 0.29) is 5.91 Å². The highest BCUT2D eigenvalue weighted by atomic mass is 79.9. The third kappa shape index (κ3) is 3.11. The topological polar surface area (TPSA) is 49.6 Å². The van der Waals surface area contributed by atoms with E-state index in [9.17, 15) is 4.79 Å². The van der Waals surface area contributed by atoms with Gasteiger partial charge in [0.05, 0.1) is 5.69 Å². The van der Waals surface area contributed by atoms with Gasteiger partial charge in [0.1, 0.15) is 0 Å². The zero-order valence-electron chi connectivity index (χ0n) is 10.6. The molecule has 0 unspecified atom stereocenters. The molecule has 1 saturated heterocycles. The Morgan fingerprint density at radius 2 is 2.28 bits per heavy atom. The second kappa shape index (κ2) is 6.33. The minimum Gasteiger partial charge on any atom is -0.438 e. The number of nitrogens with zero attached hydrogens (tertiary/aromatic N) is 3. The maximum Gasteiger partial charge on any atom is 0.291 e. The number of hydrogen-bond donors (Lipinski definition) is 0. The Balaban J connectivity index is 1.98. The lowest BCUT2D eigenvalue weighted by Gasteiger charge is -2.20. The van der Waals surface area contributed by atoms with E-state index in [0.29, 0.717) is 11.5 Å². The molecule has 1 aromatic heterocycles. The molecule has 1 amide bonds. The molecular weight excluding hydrogens is 298 g/mol. The van der Waals surface area contributed by atoms with Gasteiger partial charge < -0.3 is 14.2 Å². The van der Waals surface area contributed by atoms with Crippen LogP contribution in [0.4, 0.5) is 0 Å². The van der Waals surface area contributed by atoms with Crippen LogP contribution in [-0.4, -0.2) is 58.7 Å². The van der Waals surface area contributed by atoms with Crippen LogP contribution in [0.1, 0.15) is 22.7 Å². The second-order valence-corrected chi connectivity index (χ2v) is 5.24. The van der Waals surface area contributed by atoms with Crippen molar-refractivity contribution in [2.24, 2.45) is 0 Å². The summed E-state index contributed by atoms with van der Waals surface area (Å²) < 4.78 is 5.17. The van der Waals surface area contributed by atoms with Crippen molar-refractivity contribution < 1.29 is 9.21 Å². The number of carbonyl (C=O) groups is 1. The number of amides is 1. The minimum absolute atomic E-state index is 0.0364. The van der Waals surface area contributed by atoms with Gasteiger partial charge in [-0.3, -0.25) is 4.79 Å². The fourth-order valence-electron chi connectivity index (χ4n) is 2.17. The average molecular weight is 316 g/mol. The molecule has 0 saturated carbocycles. The van der Waals surface area contributed by atoms with Crippen molar-refractivity contribution in [1.82, 2.24) is 14.8 Å². The van der Waals surface area contributed by atoms with Gasteiger partial charge in [-0.1, -0.05) is 15.9 Å². The van der Waals surface area contributed by atoms with E-state index in [2.05, 4.69) is 25.8 Å². The van der Waals surface area contributed by atoms with E-state index >= 15 is 0 Å². The van der Waals surface area contributed by atoms with Crippen molar-refractivity contribution in [2.45, 2.75) is 13.3 Å². The summed E-state index contributed by atoms with van der Waals surface area (Å²) in [6.45, 7) is 6.34. The number of aromatic nitrogens is 1. The number of rotatable bonds is 3. The summed E-state index contributed by atoms with van der Waals surface area (Å²) in [7, 11) is 0. The van der Waals surface area contributed by atoms with Crippen LogP contribution in [0.3, 0.4) is 0 Å². The highest BCUT2D eigenvalue weighted by Crippen LogP contribution is 2.12. The summed E-state index contributed by atoms with van der Waals surface area (Å²) >= 11 is 3.45. The Morgan fingerprint density at radius 3 is 2.94 bits per heavy atom. The van der Waals surface area contributed by atoms with E-state index in [4.69, 9.17) is 4.42 Å². The molecular formula is C12H18BrN3O2. The first-order valence-electron chi connectivity index (χ1n) is 6.20. The number of halogens is 1. The van der Waals surface area contributed by atoms with Crippen LogP contribution in [0.5, 0.6) is 0 Å². The van der Waals surface area contributed by atoms with Gasteiger partial charge in [-0.05, 0) is 19.9 Å². The highest BCUT2D eigenvalue weighted by Gasteiger charge is 2.23. The molecule has 2 rings (SSSR count). The molecule has 0 atom stereocenters. The van der Waals surface area contributed by atoms with Crippen molar-refractivity contribution in [2.75, 3.05) is 38.1 Å². The Morgan fingerprint density at radius 1 is 1.44 bits per heavy atom. The van der Waals surface area contributed by atoms with Crippen LogP contribution >= 0.6 is 15.9 Å². The lowest BCUT2D eigenvalue weighted by atomic mass is 10.3. The summed E-state index contributed by atoms with van der Waals surface area (Å²) in [4.78, 5) is 20.5. The van der Waals surface area contributed by atoms with Crippen molar-refractivity contribution in [3.05, 3.63) is 17.8 Å².